The second-order valence-electron chi connectivity index (χ2n) is 10.6. The van der Waals surface area contributed by atoms with Crippen LogP contribution in [0.4, 0.5) is 0 Å². The Morgan fingerprint density at radius 3 is 2.64 bits per heavy atom. The van der Waals surface area contributed by atoms with Crippen molar-refractivity contribution < 1.29 is 29.0 Å². The first kappa shape index (κ1) is 29.9. The maximum Gasteiger partial charge on any atom is 0.309 e. The topological polar surface area (TPSA) is 136 Å². The number of esters is 1. The molecular weight excluding hydrogens is 460 g/mol. The van der Waals surface area contributed by atoms with Gasteiger partial charge in [0.15, 0.2) is 0 Å². The van der Waals surface area contributed by atoms with Crippen LogP contribution in [0, 0.1) is 17.3 Å². The van der Waals surface area contributed by atoms with Crippen LogP contribution < -0.4 is 5.73 Å². The molecule has 0 saturated carbocycles. The molecule has 0 radical (unpaired) electrons. The van der Waals surface area contributed by atoms with Gasteiger partial charge in [-0.2, -0.15) is 0 Å². The second-order valence-corrected chi connectivity index (χ2v) is 10.6. The largest absolute Gasteiger partial charge is 0.458 e. The maximum absolute atomic E-state index is 13.4. The Morgan fingerprint density at radius 1 is 1.28 bits per heavy atom. The Labute approximate surface area is 215 Å². The Morgan fingerprint density at radius 2 is 2.00 bits per heavy atom. The highest BCUT2D eigenvalue weighted by molar-refractivity contribution is 5.88. The van der Waals surface area contributed by atoms with Crippen molar-refractivity contribution in [2.45, 2.75) is 104 Å². The molecule has 1 aliphatic heterocycles. The Bertz CT molecular complexity index is 919. The van der Waals surface area contributed by atoms with Crippen LogP contribution >= 0.6 is 0 Å². The van der Waals surface area contributed by atoms with E-state index >= 15 is 0 Å². The van der Waals surface area contributed by atoms with Crippen LogP contribution in [0.25, 0.3) is 0 Å². The quantitative estimate of drug-likeness (QED) is 0.404. The molecule has 2 heterocycles. The highest BCUT2D eigenvalue weighted by Gasteiger charge is 2.43. The van der Waals surface area contributed by atoms with Crippen LogP contribution in [0.1, 0.15) is 84.7 Å². The van der Waals surface area contributed by atoms with E-state index in [1.54, 1.807) is 20.1 Å². The number of carbonyl (C=O) groups is 2. The molecule has 0 spiro atoms. The lowest BCUT2D eigenvalue weighted by molar-refractivity contribution is -0.154. The molecule has 8 nitrogen and oxygen atoms in total. The van der Waals surface area contributed by atoms with Gasteiger partial charge in [0.25, 0.3) is 0 Å². The zero-order valence-electron chi connectivity index (χ0n) is 22.4. The fraction of sp³-hybridized carbons (Fsp3) is 0.679. The molecule has 0 amide bonds. The molecule has 1 aromatic heterocycles. The number of hydrogen-bond donors (Lipinski definition) is 3. The van der Waals surface area contributed by atoms with E-state index in [1.807, 2.05) is 32.9 Å². The number of nitrogens with two attached hydrogens (primary N) is 1. The van der Waals surface area contributed by atoms with Gasteiger partial charge in [0, 0.05) is 18.8 Å². The number of nitrogens with zero attached hydrogens (tertiary/aromatic N) is 1. The van der Waals surface area contributed by atoms with Gasteiger partial charge in [0.05, 0.1) is 36.3 Å². The molecule has 36 heavy (non-hydrogen) atoms. The van der Waals surface area contributed by atoms with Crippen LogP contribution in [0.2, 0.25) is 0 Å². The average molecular weight is 505 g/mol. The number of rotatable bonds is 5. The molecule has 2 rings (SSSR count). The maximum atomic E-state index is 13.4. The molecule has 4 N–H and O–H groups in total. The third-order valence-corrected chi connectivity index (χ3v) is 7.26. The highest BCUT2D eigenvalue weighted by atomic mass is 16.5. The number of Topliss-reactive ketones (excluding diaryl/α,β-unsaturated/α-hetero) is 1. The first-order chi connectivity index (χ1) is 17.0. The fourth-order valence-electron chi connectivity index (χ4n) is 4.59. The van der Waals surface area contributed by atoms with Gasteiger partial charge in [-0.1, -0.05) is 45.4 Å². The van der Waals surface area contributed by atoms with Gasteiger partial charge in [0.2, 0.25) is 5.89 Å². The molecule has 0 unspecified atom stereocenters. The van der Waals surface area contributed by atoms with Crippen molar-refractivity contribution in [2.75, 3.05) is 0 Å². The van der Waals surface area contributed by atoms with Crippen molar-refractivity contribution in [2.24, 2.45) is 23.0 Å². The first-order valence-corrected chi connectivity index (χ1v) is 13.0. The molecule has 0 bridgehead atoms. The monoisotopic (exact) mass is 504 g/mol. The lowest BCUT2D eigenvalue weighted by atomic mass is 9.71. The van der Waals surface area contributed by atoms with Crippen molar-refractivity contribution in [3.05, 3.63) is 41.6 Å². The summed E-state index contributed by atoms with van der Waals surface area (Å²) in [4.78, 5) is 30.4. The number of allylic oxidation sites excluding steroid dienone is 2. The molecule has 0 saturated heterocycles. The summed E-state index contributed by atoms with van der Waals surface area (Å²) in [5.74, 6) is -0.994. The van der Waals surface area contributed by atoms with Crippen molar-refractivity contribution >= 4 is 11.8 Å². The van der Waals surface area contributed by atoms with Gasteiger partial charge in [-0.15, -0.1) is 0 Å². The molecule has 1 aromatic rings. The van der Waals surface area contributed by atoms with Gasteiger partial charge in [-0.05, 0) is 44.6 Å². The number of aliphatic hydroxyl groups is 2. The number of aliphatic hydroxyl groups excluding tert-OH is 2. The number of ether oxygens (including phenoxy) is 1. The van der Waals surface area contributed by atoms with E-state index in [0.29, 0.717) is 25.2 Å². The average Bonchev–Trinajstić information content (AvgIpc) is 3.29. The van der Waals surface area contributed by atoms with Gasteiger partial charge in [-0.25, -0.2) is 4.98 Å². The smallest absolute Gasteiger partial charge is 0.309 e. The standard InChI is InChI=1S/C28H44N2O6/c1-6-22-26(33)19(3)10-7-9-18(2)13-14-21(12-8-11-20-17-35-24(16-29)30-20)36-25(32)15-23(31)28(4,5)27(22)34/h8,12-13,17,19,21-23,26,31,33H,6-7,9-11,14-16,29H2,1-5H3/b12-8?,18-13-/t19-,21+,22+,23-,26-/m0/s1. The lowest BCUT2D eigenvalue weighted by Crippen LogP contribution is -2.46. The highest BCUT2D eigenvalue weighted by Crippen LogP contribution is 2.33. The van der Waals surface area contributed by atoms with E-state index in [2.05, 4.69) is 11.1 Å². The SMILES string of the molecule is CC[C@H]1C(=O)C(C)(C)[C@@H](O)CC(=O)O[C@H](C=CCc2coc(CN)n2)C/C=C(/C)CCC[C@H](C)[C@@H]1O. The van der Waals surface area contributed by atoms with Crippen molar-refractivity contribution in [3.8, 4) is 0 Å². The minimum atomic E-state index is -1.23. The summed E-state index contributed by atoms with van der Waals surface area (Å²) in [6.45, 7) is 9.37. The molecule has 0 aliphatic carbocycles. The van der Waals surface area contributed by atoms with Gasteiger partial charge in [0.1, 0.15) is 18.2 Å². The third kappa shape index (κ3) is 8.39. The van der Waals surface area contributed by atoms with E-state index in [0.717, 1.165) is 25.0 Å². The zero-order valence-corrected chi connectivity index (χ0v) is 22.4. The van der Waals surface area contributed by atoms with Gasteiger partial charge in [-0.3, -0.25) is 9.59 Å². The second kappa shape index (κ2) is 13.9. The Kier molecular flexibility index (Phi) is 11.5. The van der Waals surface area contributed by atoms with Crippen molar-refractivity contribution in [1.29, 1.82) is 0 Å². The van der Waals surface area contributed by atoms with Crippen LogP contribution in [0.15, 0.2) is 34.5 Å². The number of oxazole rings is 1. The summed E-state index contributed by atoms with van der Waals surface area (Å²) < 4.78 is 11.0. The van der Waals surface area contributed by atoms with E-state index in [-0.39, 0.29) is 24.7 Å². The molecule has 8 heteroatoms. The third-order valence-electron chi connectivity index (χ3n) is 7.26. The van der Waals surface area contributed by atoms with Gasteiger partial charge < -0.3 is 25.1 Å². The molecule has 1 aliphatic rings. The molecule has 202 valence electrons. The summed E-state index contributed by atoms with van der Waals surface area (Å²) >= 11 is 0. The summed E-state index contributed by atoms with van der Waals surface area (Å²) in [6.07, 6.45) is 8.46. The predicted octanol–water partition coefficient (Wildman–Crippen LogP) is 4.03. The van der Waals surface area contributed by atoms with E-state index < -0.39 is 35.6 Å². The van der Waals surface area contributed by atoms with Crippen molar-refractivity contribution in [3.63, 3.8) is 0 Å². The minimum absolute atomic E-state index is 0.0514. The number of ketones is 1. The Balaban J connectivity index is 2.23. The molecule has 0 aromatic carbocycles. The number of hydrogen-bond acceptors (Lipinski definition) is 8. The lowest BCUT2D eigenvalue weighted by Gasteiger charge is -2.35. The Hall–Kier alpha value is -2.29. The summed E-state index contributed by atoms with van der Waals surface area (Å²) in [6, 6.07) is 0. The zero-order chi connectivity index (χ0) is 26.9. The van der Waals surface area contributed by atoms with E-state index in [4.69, 9.17) is 14.9 Å². The number of cyclic esters (lactones) is 1. The van der Waals surface area contributed by atoms with Crippen LogP contribution in [0.3, 0.4) is 0 Å². The summed E-state index contributed by atoms with van der Waals surface area (Å²) in [5.41, 5.74) is 6.24. The summed E-state index contributed by atoms with van der Waals surface area (Å²) in [5, 5.41) is 21.8. The van der Waals surface area contributed by atoms with Crippen LogP contribution in [-0.2, 0) is 27.3 Å². The van der Waals surface area contributed by atoms with Gasteiger partial charge >= 0.3 is 5.97 Å². The minimum Gasteiger partial charge on any atom is -0.458 e. The van der Waals surface area contributed by atoms with Crippen LogP contribution in [-0.4, -0.2) is 45.3 Å². The molecular formula is C28H44N2O6. The predicted molar refractivity (Wildman–Crippen MR) is 138 cm³/mol. The summed E-state index contributed by atoms with van der Waals surface area (Å²) in [7, 11) is 0. The van der Waals surface area contributed by atoms with Crippen LogP contribution in [0.5, 0.6) is 0 Å². The fourth-order valence-corrected chi connectivity index (χ4v) is 4.59. The molecule has 0 fully saturated rings. The number of carbonyl (C=O) groups excluding carboxylic acids is 2. The molecule has 5 atom stereocenters. The van der Waals surface area contributed by atoms with E-state index in [9.17, 15) is 19.8 Å². The van der Waals surface area contributed by atoms with E-state index in [1.165, 1.54) is 5.57 Å². The van der Waals surface area contributed by atoms with Crippen molar-refractivity contribution in [1.82, 2.24) is 4.98 Å². The normalized spacial score (nSPS) is 30.7. The first-order valence-electron chi connectivity index (χ1n) is 13.0. The number of aromatic nitrogens is 1.